The average Bonchev–Trinajstić information content (AvgIpc) is 2.68. The van der Waals surface area contributed by atoms with Gasteiger partial charge in [0.2, 0.25) is 0 Å². The van der Waals surface area contributed by atoms with Crippen LogP contribution in [0.3, 0.4) is 0 Å². The lowest BCUT2D eigenvalue weighted by atomic mass is 10.0. The molecule has 0 aliphatic rings. The second-order valence-electron chi connectivity index (χ2n) is 4.12. The van der Waals surface area contributed by atoms with Gasteiger partial charge in [0.1, 0.15) is 0 Å². The Labute approximate surface area is 110 Å². The van der Waals surface area contributed by atoms with E-state index in [1.54, 1.807) is 5.51 Å². The molecule has 0 aliphatic carbocycles. The summed E-state index contributed by atoms with van der Waals surface area (Å²) in [4.78, 5) is 5.06. The van der Waals surface area contributed by atoms with Gasteiger partial charge >= 0.3 is 0 Å². The van der Waals surface area contributed by atoms with Gasteiger partial charge in [-0.3, -0.25) is 0 Å². The van der Waals surface area contributed by atoms with Crippen molar-refractivity contribution in [1.82, 2.24) is 4.98 Å². The van der Waals surface area contributed by atoms with E-state index in [2.05, 4.69) is 4.98 Å². The maximum atomic E-state index is 10.1. The number of hydrogen-bond donors (Lipinski definition) is 1. The maximum absolute atomic E-state index is 10.1. The summed E-state index contributed by atoms with van der Waals surface area (Å²) in [6, 6.07) is 5.90. The molecule has 4 heteroatoms. The van der Waals surface area contributed by atoms with E-state index in [1.807, 2.05) is 32.0 Å². The number of aliphatic hydroxyl groups is 1. The molecule has 0 spiro atoms. The average molecular weight is 268 g/mol. The SMILES string of the molecule is Cc1ccc(CC(O)c2scnc2C)c(Cl)c1. The zero-order valence-corrected chi connectivity index (χ0v) is 11.3. The first-order valence-electron chi connectivity index (χ1n) is 5.41. The number of thiazole rings is 1. The fourth-order valence-corrected chi connectivity index (χ4v) is 2.85. The molecule has 1 atom stereocenters. The van der Waals surface area contributed by atoms with Gasteiger partial charge in [-0.2, -0.15) is 0 Å². The lowest BCUT2D eigenvalue weighted by molar-refractivity contribution is 0.181. The lowest BCUT2D eigenvalue weighted by Gasteiger charge is -2.11. The smallest absolute Gasteiger partial charge is 0.0941 e. The lowest BCUT2D eigenvalue weighted by Crippen LogP contribution is -2.02. The largest absolute Gasteiger partial charge is 0.387 e. The third kappa shape index (κ3) is 2.86. The second kappa shape index (κ2) is 5.17. The van der Waals surface area contributed by atoms with Gasteiger partial charge in [-0.15, -0.1) is 11.3 Å². The zero-order valence-electron chi connectivity index (χ0n) is 9.77. The minimum Gasteiger partial charge on any atom is -0.387 e. The molecule has 0 fully saturated rings. The van der Waals surface area contributed by atoms with Crippen molar-refractivity contribution in [2.75, 3.05) is 0 Å². The highest BCUT2D eigenvalue weighted by atomic mass is 35.5. The van der Waals surface area contributed by atoms with E-state index >= 15 is 0 Å². The fourth-order valence-electron chi connectivity index (χ4n) is 1.75. The maximum Gasteiger partial charge on any atom is 0.0941 e. The molecule has 17 heavy (non-hydrogen) atoms. The number of nitrogens with zero attached hydrogens (tertiary/aromatic N) is 1. The van der Waals surface area contributed by atoms with Gasteiger partial charge < -0.3 is 5.11 Å². The summed E-state index contributed by atoms with van der Waals surface area (Å²) >= 11 is 7.63. The Balaban J connectivity index is 2.19. The fraction of sp³-hybridized carbons (Fsp3) is 0.308. The first-order chi connectivity index (χ1) is 8.08. The van der Waals surface area contributed by atoms with Crippen LogP contribution in [0.25, 0.3) is 0 Å². The highest BCUT2D eigenvalue weighted by molar-refractivity contribution is 7.09. The molecular weight excluding hydrogens is 254 g/mol. The number of aryl methyl sites for hydroxylation is 2. The van der Waals surface area contributed by atoms with Crippen LogP contribution in [0.4, 0.5) is 0 Å². The Morgan fingerprint density at radius 3 is 2.76 bits per heavy atom. The summed E-state index contributed by atoms with van der Waals surface area (Å²) in [5, 5.41) is 10.9. The van der Waals surface area contributed by atoms with Crippen LogP contribution in [0.2, 0.25) is 5.02 Å². The van der Waals surface area contributed by atoms with Crippen molar-refractivity contribution in [1.29, 1.82) is 0 Å². The zero-order chi connectivity index (χ0) is 12.4. The van der Waals surface area contributed by atoms with Crippen LogP contribution in [-0.2, 0) is 6.42 Å². The Morgan fingerprint density at radius 1 is 1.41 bits per heavy atom. The Kier molecular flexibility index (Phi) is 3.82. The van der Waals surface area contributed by atoms with Gasteiger partial charge in [0.05, 0.1) is 22.2 Å². The quantitative estimate of drug-likeness (QED) is 0.920. The third-order valence-electron chi connectivity index (χ3n) is 2.71. The van der Waals surface area contributed by atoms with Crippen molar-refractivity contribution in [2.45, 2.75) is 26.4 Å². The second-order valence-corrected chi connectivity index (χ2v) is 5.41. The molecule has 2 nitrogen and oxygen atoms in total. The highest BCUT2D eigenvalue weighted by Gasteiger charge is 2.15. The summed E-state index contributed by atoms with van der Waals surface area (Å²) in [5.74, 6) is 0. The van der Waals surface area contributed by atoms with Crippen molar-refractivity contribution in [2.24, 2.45) is 0 Å². The molecule has 1 aromatic heterocycles. The van der Waals surface area contributed by atoms with E-state index in [-0.39, 0.29) is 0 Å². The van der Waals surface area contributed by atoms with Crippen LogP contribution in [-0.4, -0.2) is 10.1 Å². The van der Waals surface area contributed by atoms with Crippen LogP contribution in [0.1, 0.15) is 27.8 Å². The first kappa shape index (κ1) is 12.6. The van der Waals surface area contributed by atoms with Crippen molar-refractivity contribution in [3.63, 3.8) is 0 Å². The van der Waals surface area contributed by atoms with Crippen LogP contribution >= 0.6 is 22.9 Å². The molecule has 1 heterocycles. The molecule has 0 radical (unpaired) electrons. The minimum absolute atomic E-state index is 0.525. The van der Waals surface area contributed by atoms with Gasteiger partial charge in [-0.25, -0.2) is 4.98 Å². The summed E-state index contributed by atoms with van der Waals surface area (Å²) < 4.78 is 0. The molecule has 1 N–H and O–H groups in total. The molecule has 0 saturated heterocycles. The molecular formula is C13H14ClNOS. The van der Waals surface area contributed by atoms with Gasteiger partial charge in [-0.05, 0) is 31.0 Å². The number of aromatic nitrogens is 1. The van der Waals surface area contributed by atoms with Crippen molar-refractivity contribution >= 4 is 22.9 Å². The minimum atomic E-state index is -0.525. The number of rotatable bonds is 3. The predicted molar refractivity (Wildman–Crippen MR) is 71.7 cm³/mol. The Hall–Kier alpha value is -0.900. The monoisotopic (exact) mass is 267 g/mol. The van der Waals surface area contributed by atoms with Crippen molar-refractivity contribution < 1.29 is 5.11 Å². The van der Waals surface area contributed by atoms with E-state index in [0.29, 0.717) is 11.4 Å². The molecule has 2 rings (SSSR count). The molecule has 2 aromatic rings. The van der Waals surface area contributed by atoms with E-state index in [1.165, 1.54) is 11.3 Å². The number of halogens is 1. The van der Waals surface area contributed by atoms with Gasteiger partial charge in [0.25, 0.3) is 0 Å². The Bertz CT molecular complexity index is 524. The van der Waals surface area contributed by atoms with Crippen LogP contribution in [0.15, 0.2) is 23.7 Å². The molecule has 1 aromatic carbocycles. The predicted octanol–water partition coefficient (Wildman–Crippen LogP) is 3.69. The van der Waals surface area contributed by atoms with Crippen LogP contribution in [0, 0.1) is 13.8 Å². The van der Waals surface area contributed by atoms with Crippen molar-refractivity contribution in [3.8, 4) is 0 Å². The third-order valence-corrected chi connectivity index (χ3v) is 4.09. The summed E-state index contributed by atoms with van der Waals surface area (Å²) in [6.45, 7) is 3.91. The van der Waals surface area contributed by atoms with Crippen LogP contribution < -0.4 is 0 Å². The molecule has 0 amide bonds. The van der Waals surface area contributed by atoms with E-state index in [9.17, 15) is 5.11 Å². The molecule has 1 unspecified atom stereocenters. The number of aliphatic hydroxyl groups excluding tert-OH is 1. The Morgan fingerprint density at radius 2 is 2.18 bits per heavy atom. The summed E-state index contributed by atoms with van der Waals surface area (Å²) in [7, 11) is 0. The topological polar surface area (TPSA) is 33.1 Å². The highest BCUT2D eigenvalue weighted by Crippen LogP contribution is 2.28. The molecule has 90 valence electrons. The van der Waals surface area contributed by atoms with Gasteiger partial charge in [0.15, 0.2) is 0 Å². The van der Waals surface area contributed by atoms with E-state index in [0.717, 1.165) is 21.7 Å². The molecule has 0 bridgehead atoms. The van der Waals surface area contributed by atoms with Crippen LogP contribution in [0.5, 0.6) is 0 Å². The number of hydrogen-bond acceptors (Lipinski definition) is 3. The van der Waals surface area contributed by atoms with E-state index in [4.69, 9.17) is 11.6 Å². The van der Waals surface area contributed by atoms with E-state index < -0.39 is 6.10 Å². The van der Waals surface area contributed by atoms with Crippen molar-refractivity contribution in [3.05, 3.63) is 50.4 Å². The molecule has 0 saturated carbocycles. The van der Waals surface area contributed by atoms with Gasteiger partial charge in [-0.1, -0.05) is 23.7 Å². The number of benzene rings is 1. The normalized spacial score (nSPS) is 12.7. The first-order valence-corrected chi connectivity index (χ1v) is 6.66. The summed E-state index contributed by atoms with van der Waals surface area (Å²) in [6.07, 6.45) is 0.00464. The van der Waals surface area contributed by atoms with Gasteiger partial charge in [0, 0.05) is 11.4 Å². The summed E-state index contributed by atoms with van der Waals surface area (Å²) in [5.41, 5.74) is 4.75. The molecule has 0 aliphatic heterocycles. The standard InChI is InChI=1S/C13H14ClNOS/c1-8-3-4-10(11(14)5-8)6-12(16)13-9(2)15-7-17-13/h3-5,7,12,16H,6H2,1-2H3.